The Kier molecular flexibility index (Phi) is 5.81. The molecular weight excluding hydrogens is 419 g/mol. The van der Waals surface area contributed by atoms with Crippen molar-refractivity contribution in [1.29, 1.82) is 0 Å². The van der Waals surface area contributed by atoms with Crippen molar-refractivity contribution in [3.05, 3.63) is 53.3 Å². The van der Waals surface area contributed by atoms with Crippen LogP contribution in [0.25, 0.3) is 11.1 Å². The zero-order chi connectivity index (χ0) is 23.2. The lowest BCUT2D eigenvalue weighted by Gasteiger charge is -2.44. The number of carbonyl (C=O) groups is 1. The molecule has 1 N–H and O–H groups in total. The van der Waals surface area contributed by atoms with Crippen LogP contribution in [0.3, 0.4) is 0 Å². The Morgan fingerprint density at radius 3 is 2.70 bits per heavy atom. The van der Waals surface area contributed by atoms with Crippen LogP contribution in [0, 0.1) is 17.2 Å². The second-order valence-electron chi connectivity index (χ2n) is 10.3. The lowest BCUT2D eigenvalue weighted by molar-refractivity contribution is -0.0349. The van der Waals surface area contributed by atoms with Crippen molar-refractivity contribution in [1.82, 2.24) is 10.2 Å². The highest BCUT2D eigenvalue weighted by molar-refractivity contribution is 5.71. The van der Waals surface area contributed by atoms with Gasteiger partial charge in [0.2, 0.25) is 0 Å². The number of amides is 1. The molecule has 5 nitrogen and oxygen atoms in total. The van der Waals surface area contributed by atoms with Gasteiger partial charge in [0.1, 0.15) is 17.7 Å². The number of ether oxygens (including phenoxy) is 2. The van der Waals surface area contributed by atoms with E-state index in [9.17, 15) is 4.79 Å². The first kappa shape index (κ1) is 22.2. The minimum Gasteiger partial charge on any atom is -0.494 e. The summed E-state index contributed by atoms with van der Waals surface area (Å²) in [6.07, 6.45) is 2.50. The first-order chi connectivity index (χ1) is 15.8. The van der Waals surface area contributed by atoms with Crippen molar-refractivity contribution < 1.29 is 18.7 Å². The third-order valence-electron chi connectivity index (χ3n) is 7.54. The Bertz CT molecular complexity index is 1050. The van der Waals surface area contributed by atoms with Crippen LogP contribution in [0.15, 0.2) is 36.4 Å². The maximum Gasteiger partial charge on any atom is 0.407 e. The molecule has 1 aliphatic carbocycles. The molecule has 3 heterocycles. The van der Waals surface area contributed by atoms with Gasteiger partial charge in [-0.1, -0.05) is 26.0 Å². The molecule has 1 amide bonds. The second-order valence-corrected chi connectivity index (χ2v) is 10.3. The van der Waals surface area contributed by atoms with Gasteiger partial charge >= 0.3 is 6.09 Å². The van der Waals surface area contributed by atoms with Crippen molar-refractivity contribution in [2.24, 2.45) is 11.3 Å². The molecule has 0 saturated carbocycles. The maximum atomic E-state index is 15.3. The predicted molar refractivity (Wildman–Crippen MR) is 126 cm³/mol. The standard InChI is InChI=1S/C27H33FN2O3/c1-4-32-20-7-5-6-18(12-20)21-13-19-15-27(2,3)25(22(19)14-23(21)28)29-26(31)33-24-16-30-10-8-17(24)9-11-30/h5-7,12-14,17,24-25H,4,8-11,15-16H2,1-3H3,(H,29,31)/t24-,25+/m1/s1. The van der Waals surface area contributed by atoms with E-state index in [-0.39, 0.29) is 23.4 Å². The normalized spacial score (nSPS) is 27.2. The molecule has 2 aromatic carbocycles. The SMILES string of the molecule is CCOc1cccc(-c2cc3c(cc2F)[C@H](NC(=O)O[C@@H]2CN4CCC2CC4)C(C)(C)C3)c1. The highest BCUT2D eigenvalue weighted by Gasteiger charge is 2.42. The lowest BCUT2D eigenvalue weighted by Crippen LogP contribution is -2.53. The minimum atomic E-state index is -0.395. The molecule has 0 aromatic heterocycles. The van der Waals surface area contributed by atoms with E-state index in [0.717, 1.165) is 61.3 Å². The van der Waals surface area contributed by atoms with Crippen LogP contribution in [-0.2, 0) is 11.2 Å². The van der Waals surface area contributed by atoms with Crippen molar-refractivity contribution >= 4 is 6.09 Å². The quantitative estimate of drug-likeness (QED) is 0.666. The number of alkyl carbamates (subject to hydrolysis) is 1. The number of halogens is 1. The molecule has 2 aromatic rings. The number of fused-ring (bicyclic) bond motifs is 4. The Morgan fingerprint density at radius 2 is 2.00 bits per heavy atom. The van der Waals surface area contributed by atoms with Gasteiger partial charge in [-0.05, 0) is 91.6 Å². The summed E-state index contributed by atoms with van der Waals surface area (Å²) in [5, 5.41) is 3.08. The van der Waals surface area contributed by atoms with E-state index in [1.54, 1.807) is 6.07 Å². The number of carbonyl (C=O) groups excluding carboxylic acids is 1. The average molecular weight is 453 g/mol. The molecule has 3 fully saturated rings. The Balaban J connectivity index is 1.36. The molecule has 4 aliphatic rings. The topological polar surface area (TPSA) is 50.8 Å². The van der Waals surface area contributed by atoms with Crippen LogP contribution in [0.1, 0.15) is 50.8 Å². The molecule has 2 bridgehead atoms. The van der Waals surface area contributed by atoms with E-state index in [2.05, 4.69) is 24.1 Å². The molecule has 6 heteroatoms. The van der Waals surface area contributed by atoms with Crippen molar-refractivity contribution in [2.75, 3.05) is 26.2 Å². The summed E-state index contributed by atoms with van der Waals surface area (Å²) in [6, 6.07) is 10.8. The van der Waals surface area contributed by atoms with Crippen LogP contribution < -0.4 is 10.1 Å². The van der Waals surface area contributed by atoms with E-state index in [1.807, 2.05) is 37.3 Å². The molecule has 33 heavy (non-hydrogen) atoms. The van der Waals surface area contributed by atoms with Gasteiger partial charge in [0.25, 0.3) is 0 Å². The van der Waals surface area contributed by atoms with Crippen molar-refractivity contribution in [3.8, 4) is 16.9 Å². The van der Waals surface area contributed by atoms with E-state index >= 15 is 4.39 Å². The smallest absolute Gasteiger partial charge is 0.407 e. The summed E-state index contributed by atoms with van der Waals surface area (Å²) in [6.45, 7) is 9.74. The summed E-state index contributed by atoms with van der Waals surface area (Å²) in [4.78, 5) is 15.2. The zero-order valence-corrected chi connectivity index (χ0v) is 19.7. The molecule has 0 radical (unpaired) electrons. The van der Waals surface area contributed by atoms with E-state index < -0.39 is 6.09 Å². The van der Waals surface area contributed by atoms with Gasteiger partial charge in [0.15, 0.2) is 0 Å². The van der Waals surface area contributed by atoms with E-state index in [1.165, 1.54) is 0 Å². The number of rotatable bonds is 5. The minimum absolute atomic E-state index is 0.0480. The Morgan fingerprint density at radius 1 is 1.21 bits per heavy atom. The largest absolute Gasteiger partial charge is 0.494 e. The number of nitrogens with one attached hydrogen (secondary N) is 1. The van der Waals surface area contributed by atoms with Crippen LogP contribution in [0.2, 0.25) is 0 Å². The lowest BCUT2D eigenvalue weighted by atomic mass is 9.85. The van der Waals surface area contributed by atoms with E-state index in [4.69, 9.17) is 9.47 Å². The van der Waals surface area contributed by atoms with Gasteiger partial charge in [-0.25, -0.2) is 9.18 Å². The molecule has 3 aliphatic heterocycles. The zero-order valence-electron chi connectivity index (χ0n) is 19.7. The highest BCUT2D eigenvalue weighted by atomic mass is 19.1. The molecule has 0 spiro atoms. The van der Waals surface area contributed by atoms with Crippen LogP contribution in [0.5, 0.6) is 5.75 Å². The molecular formula is C27H33FN2O3. The highest BCUT2D eigenvalue weighted by Crippen LogP contribution is 2.47. The first-order valence-corrected chi connectivity index (χ1v) is 12.1. The van der Waals surface area contributed by atoms with Gasteiger partial charge in [-0.3, -0.25) is 4.90 Å². The van der Waals surface area contributed by atoms with Gasteiger partial charge in [0.05, 0.1) is 12.6 Å². The fraction of sp³-hybridized carbons (Fsp3) is 0.519. The third kappa shape index (κ3) is 4.33. The fourth-order valence-electron chi connectivity index (χ4n) is 5.82. The van der Waals surface area contributed by atoms with Gasteiger partial charge in [-0.2, -0.15) is 0 Å². The van der Waals surface area contributed by atoms with Crippen LogP contribution in [-0.4, -0.2) is 43.3 Å². The van der Waals surface area contributed by atoms with Gasteiger partial charge < -0.3 is 14.8 Å². The number of nitrogens with zero attached hydrogens (tertiary/aromatic N) is 1. The van der Waals surface area contributed by atoms with Crippen molar-refractivity contribution in [3.63, 3.8) is 0 Å². The Labute approximate surface area is 195 Å². The number of hydrogen-bond donors (Lipinski definition) is 1. The van der Waals surface area contributed by atoms with Gasteiger partial charge in [0, 0.05) is 12.1 Å². The summed E-state index contributed by atoms with van der Waals surface area (Å²) in [5.74, 6) is 0.889. The summed E-state index contributed by atoms with van der Waals surface area (Å²) in [7, 11) is 0. The molecule has 6 rings (SSSR count). The maximum absolute atomic E-state index is 15.3. The Hall–Kier alpha value is -2.60. The summed E-state index contributed by atoms with van der Waals surface area (Å²) in [5.41, 5.74) is 3.01. The molecule has 0 unspecified atom stereocenters. The van der Waals surface area contributed by atoms with Crippen molar-refractivity contribution in [2.45, 2.75) is 52.2 Å². The van der Waals surface area contributed by atoms with Gasteiger partial charge in [-0.15, -0.1) is 0 Å². The number of piperidine rings is 3. The number of benzene rings is 2. The number of hydrogen-bond acceptors (Lipinski definition) is 4. The predicted octanol–water partition coefficient (Wildman–Crippen LogP) is 5.34. The van der Waals surface area contributed by atoms with E-state index in [0.29, 0.717) is 18.1 Å². The molecule has 3 saturated heterocycles. The molecule has 2 atom stereocenters. The summed E-state index contributed by atoms with van der Waals surface area (Å²) < 4.78 is 26.7. The van der Waals surface area contributed by atoms with Crippen LogP contribution >= 0.6 is 0 Å². The molecule has 176 valence electrons. The third-order valence-corrected chi connectivity index (χ3v) is 7.54. The second kappa shape index (κ2) is 8.64. The fourth-order valence-corrected chi connectivity index (χ4v) is 5.82. The average Bonchev–Trinajstić information content (AvgIpc) is 3.03. The monoisotopic (exact) mass is 452 g/mol. The first-order valence-electron chi connectivity index (χ1n) is 12.1. The summed E-state index contributed by atoms with van der Waals surface area (Å²) >= 11 is 0. The van der Waals surface area contributed by atoms with Crippen LogP contribution in [0.4, 0.5) is 9.18 Å².